The van der Waals surface area contributed by atoms with E-state index in [1.54, 1.807) is 26.4 Å². The Balaban J connectivity index is 2.03. The molecular formula is C21H25F3N2O4. The third-order valence-electron chi connectivity index (χ3n) is 4.95. The zero-order valence-electron chi connectivity index (χ0n) is 17.1. The predicted octanol–water partition coefficient (Wildman–Crippen LogP) is 3.61. The van der Waals surface area contributed by atoms with Crippen molar-refractivity contribution >= 4 is 0 Å². The number of nitrogens with zero attached hydrogens (tertiary/aromatic N) is 1. The van der Waals surface area contributed by atoms with Crippen LogP contribution in [0.15, 0.2) is 36.4 Å². The first-order valence-electron chi connectivity index (χ1n) is 9.46. The van der Waals surface area contributed by atoms with E-state index in [2.05, 4.69) is 15.0 Å². The van der Waals surface area contributed by atoms with Crippen LogP contribution >= 0.6 is 0 Å². The average molecular weight is 426 g/mol. The predicted molar refractivity (Wildman–Crippen MR) is 106 cm³/mol. The van der Waals surface area contributed by atoms with Gasteiger partial charge in [0.15, 0.2) is 11.5 Å². The summed E-state index contributed by atoms with van der Waals surface area (Å²) in [6, 6.07) is 9.49. The van der Waals surface area contributed by atoms with Gasteiger partial charge in [0.1, 0.15) is 5.75 Å². The van der Waals surface area contributed by atoms with Gasteiger partial charge < -0.3 is 24.3 Å². The van der Waals surface area contributed by atoms with Gasteiger partial charge in [-0.2, -0.15) is 0 Å². The summed E-state index contributed by atoms with van der Waals surface area (Å²) in [5.74, 6) is 1.26. The quantitative estimate of drug-likeness (QED) is 0.730. The Hall–Kier alpha value is -2.65. The zero-order valence-corrected chi connectivity index (χ0v) is 17.1. The maximum atomic E-state index is 12.5. The number of hydrogen-bond acceptors (Lipinski definition) is 6. The Labute approximate surface area is 173 Å². The molecule has 164 valence electrons. The van der Waals surface area contributed by atoms with Crippen molar-refractivity contribution in [3.05, 3.63) is 47.5 Å². The van der Waals surface area contributed by atoms with Crippen LogP contribution in [0.3, 0.4) is 0 Å². The third-order valence-corrected chi connectivity index (χ3v) is 4.95. The van der Waals surface area contributed by atoms with Gasteiger partial charge in [0, 0.05) is 26.2 Å². The molecule has 1 aliphatic heterocycles. The second-order valence-electron chi connectivity index (χ2n) is 6.76. The number of halogens is 3. The van der Waals surface area contributed by atoms with E-state index in [0.29, 0.717) is 17.2 Å². The van der Waals surface area contributed by atoms with Gasteiger partial charge in [-0.3, -0.25) is 4.90 Å². The van der Waals surface area contributed by atoms with Crippen LogP contribution in [0.5, 0.6) is 23.0 Å². The molecule has 0 aliphatic carbocycles. The lowest BCUT2D eigenvalue weighted by Gasteiger charge is -2.36. The highest BCUT2D eigenvalue weighted by atomic mass is 19.4. The normalized spacial score (nSPS) is 16.1. The fourth-order valence-corrected chi connectivity index (χ4v) is 3.67. The van der Waals surface area contributed by atoms with Gasteiger partial charge in [-0.05, 0) is 35.4 Å². The Morgan fingerprint density at radius 3 is 1.90 bits per heavy atom. The second kappa shape index (κ2) is 9.44. The third kappa shape index (κ3) is 5.09. The van der Waals surface area contributed by atoms with Crippen LogP contribution in [0.1, 0.15) is 17.2 Å². The molecule has 2 aromatic rings. The number of benzene rings is 2. The monoisotopic (exact) mass is 426 g/mol. The van der Waals surface area contributed by atoms with Crippen LogP contribution in [0.4, 0.5) is 13.2 Å². The summed E-state index contributed by atoms with van der Waals surface area (Å²) in [5, 5.41) is 3.31. The molecule has 2 aromatic carbocycles. The summed E-state index contributed by atoms with van der Waals surface area (Å²) >= 11 is 0. The topological polar surface area (TPSA) is 52.2 Å². The smallest absolute Gasteiger partial charge is 0.493 e. The van der Waals surface area contributed by atoms with E-state index < -0.39 is 6.36 Å². The van der Waals surface area contributed by atoms with Gasteiger partial charge in [-0.15, -0.1) is 13.2 Å². The largest absolute Gasteiger partial charge is 0.573 e. The fourth-order valence-electron chi connectivity index (χ4n) is 3.67. The molecule has 1 saturated heterocycles. The Morgan fingerprint density at radius 2 is 1.43 bits per heavy atom. The van der Waals surface area contributed by atoms with Crippen molar-refractivity contribution < 1.29 is 32.1 Å². The molecule has 0 spiro atoms. The van der Waals surface area contributed by atoms with Gasteiger partial charge in [0.05, 0.1) is 27.4 Å². The molecule has 0 unspecified atom stereocenters. The number of methoxy groups -OCH3 is 3. The van der Waals surface area contributed by atoms with Gasteiger partial charge in [0.2, 0.25) is 5.75 Å². The molecule has 0 aromatic heterocycles. The molecule has 1 atom stereocenters. The lowest BCUT2D eigenvalue weighted by atomic mass is 9.95. The highest BCUT2D eigenvalue weighted by Crippen LogP contribution is 2.42. The molecule has 1 heterocycles. The van der Waals surface area contributed by atoms with Crippen molar-refractivity contribution in [3.8, 4) is 23.0 Å². The standard InChI is InChI=1S/C21H25F3N2O4/c1-27-17-12-15(13-18(28-2)20(17)29-3)19(26-10-8-25-9-11-26)14-4-6-16(7-5-14)30-21(22,23)24/h4-7,12-13,19,25H,8-11H2,1-3H3/t19-/m0/s1. The van der Waals surface area contributed by atoms with E-state index in [1.807, 2.05) is 12.1 Å². The molecule has 6 nitrogen and oxygen atoms in total. The zero-order chi connectivity index (χ0) is 21.7. The average Bonchev–Trinajstić information content (AvgIpc) is 2.74. The molecule has 0 amide bonds. The fraction of sp³-hybridized carbons (Fsp3) is 0.429. The van der Waals surface area contributed by atoms with Crippen molar-refractivity contribution in [2.45, 2.75) is 12.4 Å². The molecule has 30 heavy (non-hydrogen) atoms. The van der Waals surface area contributed by atoms with E-state index in [4.69, 9.17) is 14.2 Å². The van der Waals surface area contributed by atoms with Crippen molar-refractivity contribution in [2.75, 3.05) is 47.5 Å². The van der Waals surface area contributed by atoms with Crippen LogP contribution in [-0.4, -0.2) is 58.8 Å². The van der Waals surface area contributed by atoms with Crippen molar-refractivity contribution in [1.82, 2.24) is 10.2 Å². The molecule has 0 radical (unpaired) electrons. The summed E-state index contributed by atoms with van der Waals surface area (Å²) in [7, 11) is 4.63. The van der Waals surface area contributed by atoms with E-state index in [1.165, 1.54) is 19.2 Å². The number of hydrogen-bond donors (Lipinski definition) is 1. The highest BCUT2D eigenvalue weighted by Gasteiger charge is 2.31. The van der Waals surface area contributed by atoms with Crippen molar-refractivity contribution in [1.29, 1.82) is 0 Å². The van der Waals surface area contributed by atoms with Crippen LogP contribution < -0.4 is 24.3 Å². The Kier molecular flexibility index (Phi) is 6.94. The van der Waals surface area contributed by atoms with E-state index in [9.17, 15) is 13.2 Å². The van der Waals surface area contributed by atoms with Gasteiger partial charge in [0.25, 0.3) is 0 Å². The highest BCUT2D eigenvalue weighted by molar-refractivity contribution is 5.55. The Bertz CT molecular complexity index is 812. The first-order chi connectivity index (χ1) is 14.4. The maximum Gasteiger partial charge on any atom is 0.573 e. The van der Waals surface area contributed by atoms with Crippen LogP contribution in [0.2, 0.25) is 0 Å². The van der Waals surface area contributed by atoms with Gasteiger partial charge in [-0.1, -0.05) is 12.1 Å². The van der Waals surface area contributed by atoms with Crippen LogP contribution in [-0.2, 0) is 0 Å². The summed E-state index contributed by atoms with van der Waals surface area (Å²) in [4.78, 5) is 2.26. The summed E-state index contributed by atoms with van der Waals surface area (Å²) in [6.07, 6.45) is -4.73. The molecule has 9 heteroatoms. The van der Waals surface area contributed by atoms with Crippen LogP contribution in [0.25, 0.3) is 0 Å². The minimum Gasteiger partial charge on any atom is -0.493 e. The molecule has 1 fully saturated rings. The minimum atomic E-state index is -4.73. The van der Waals surface area contributed by atoms with Crippen molar-refractivity contribution in [3.63, 3.8) is 0 Å². The lowest BCUT2D eigenvalue weighted by molar-refractivity contribution is -0.274. The second-order valence-corrected chi connectivity index (χ2v) is 6.76. The lowest BCUT2D eigenvalue weighted by Crippen LogP contribution is -2.45. The summed E-state index contributed by atoms with van der Waals surface area (Å²) < 4.78 is 57.9. The van der Waals surface area contributed by atoms with Crippen molar-refractivity contribution in [2.24, 2.45) is 0 Å². The first-order valence-corrected chi connectivity index (χ1v) is 9.46. The molecule has 1 aliphatic rings. The van der Waals surface area contributed by atoms with E-state index in [-0.39, 0.29) is 11.8 Å². The number of rotatable bonds is 7. The van der Waals surface area contributed by atoms with Crippen LogP contribution in [0, 0.1) is 0 Å². The molecule has 1 N–H and O–H groups in total. The maximum absolute atomic E-state index is 12.5. The number of alkyl halides is 3. The number of ether oxygens (including phenoxy) is 4. The molecule has 3 rings (SSSR count). The number of nitrogens with one attached hydrogen (secondary N) is 1. The van der Waals surface area contributed by atoms with E-state index in [0.717, 1.165) is 37.3 Å². The number of piperazine rings is 1. The summed E-state index contributed by atoms with van der Waals surface area (Å²) in [6.45, 7) is 3.19. The minimum absolute atomic E-state index is 0.208. The SMILES string of the molecule is COc1cc([C@H](c2ccc(OC(F)(F)F)cc2)N2CCNCC2)cc(OC)c1OC. The summed E-state index contributed by atoms with van der Waals surface area (Å²) in [5.41, 5.74) is 1.72. The molecular weight excluding hydrogens is 401 g/mol. The van der Waals surface area contributed by atoms with E-state index >= 15 is 0 Å². The molecule has 0 saturated carbocycles. The first kappa shape index (κ1) is 22.0. The van der Waals surface area contributed by atoms with Gasteiger partial charge >= 0.3 is 6.36 Å². The Morgan fingerprint density at radius 1 is 0.867 bits per heavy atom. The molecule has 0 bridgehead atoms. The van der Waals surface area contributed by atoms with Gasteiger partial charge in [-0.25, -0.2) is 0 Å².